The van der Waals surface area contributed by atoms with Crippen molar-refractivity contribution in [1.29, 1.82) is 0 Å². The molecule has 0 bridgehead atoms. The molecule has 4 heteroatoms. The van der Waals surface area contributed by atoms with Crippen LogP contribution in [-0.4, -0.2) is 21.3 Å². The van der Waals surface area contributed by atoms with Crippen molar-refractivity contribution in [2.24, 2.45) is 0 Å². The van der Waals surface area contributed by atoms with Gasteiger partial charge >= 0.3 is 0 Å². The van der Waals surface area contributed by atoms with E-state index in [0.717, 1.165) is 30.6 Å². The first-order chi connectivity index (χ1) is 9.29. The van der Waals surface area contributed by atoms with Crippen LogP contribution in [0.25, 0.3) is 5.65 Å². The fraction of sp³-hybridized carbons (Fsp3) is 0.467. The summed E-state index contributed by atoms with van der Waals surface area (Å²) in [4.78, 5) is 17.0. The van der Waals surface area contributed by atoms with Gasteiger partial charge in [0.25, 0.3) is 5.91 Å². The van der Waals surface area contributed by atoms with Crippen LogP contribution < -0.4 is 5.32 Å². The zero-order valence-corrected chi connectivity index (χ0v) is 11.2. The molecule has 2 aromatic rings. The Kier molecular flexibility index (Phi) is 3.23. The number of hydrogen-bond donors (Lipinski definition) is 1. The van der Waals surface area contributed by atoms with Crippen LogP contribution in [0.4, 0.5) is 0 Å². The Morgan fingerprint density at radius 3 is 2.95 bits per heavy atom. The maximum Gasteiger partial charge on any atom is 0.270 e. The molecule has 1 saturated carbocycles. The second-order valence-corrected chi connectivity index (χ2v) is 5.14. The molecule has 0 atom stereocenters. The van der Waals surface area contributed by atoms with Gasteiger partial charge in [0.15, 0.2) is 0 Å². The van der Waals surface area contributed by atoms with E-state index in [1.807, 2.05) is 35.7 Å². The molecule has 2 aromatic heterocycles. The molecule has 1 amide bonds. The van der Waals surface area contributed by atoms with Crippen molar-refractivity contribution in [3.8, 4) is 0 Å². The standard InChI is InChI=1S/C15H19N3O/c1-2-12-14(15(19)16-11-7-3-4-8-11)18-10-6-5-9-13(18)17-12/h5-6,9-11H,2-4,7-8H2,1H3,(H,16,19). The van der Waals surface area contributed by atoms with Gasteiger partial charge in [-0.25, -0.2) is 4.98 Å². The monoisotopic (exact) mass is 257 g/mol. The van der Waals surface area contributed by atoms with Gasteiger partial charge in [0.05, 0.1) is 5.69 Å². The molecule has 0 radical (unpaired) electrons. The van der Waals surface area contributed by atoms with Gasteiger partial charge in [-0.05, 0) is 31.4 Å². The number of carbonyl (C=O) groups excluding carboxylic acids is 1. The second-order valence-electron chi connectivity index (χ2n) is 5.14. The molecule has 2 heterocycles. The molecule has 1 N–H and O–H groups in total. The van der Waals surface area contributed by atoms with Crippen molar-refractivity contribution in [2.45, 2.75) is 45.1 Å². The van der Waals surface area contributed by atoms with Crippen LogP contribution in [0.5, 0.6) is 0 Å². The number of carbonyl (C=O) groups is 1. The first kappa shape index (κ1) is 12.2. The summed E-state index contributed by atoms with van der Waals surface area (Å²) in [6, 6.07) is 6.15. The van der Waals surface area contributed by atoms with Crippen LogP contribution in [0.3, 0.4) is 0 Å². The maximum atomic E-state index is 12.5. The second kappa shape index (κ2) is 5.03. The zero-order valence-electron chi connectivity index (χ0n) is 11.2. The van der Waals surface area contributed by atoms with Crippen molar-refractivity contribution in [3.05, 3.63) is 35.8 Å². The normalized spacial score (nSPS) is 16.1. The van der Waals surface area contributed by atoms with Crippen LogP contribution in [-0.2, 0) is 6.42 Å². The Bertz CT molecular complexity index is 596. The highest BCUT2D eigenvalue weighted by molar-refractivity contribution is 5.95. The average Bonchev–Trinajstić information content (AvgIpc) is 3.04. The number of nitrogens with zero attached hydrogens (tertiary/aromatic N) is 2. The molecule has 100 valence electrons. The minimum atomic E-state index is 0.0162. The van der Waals surface area contributed by atoms with Gasteiger partial charge < -0.3 is 5.32 Å². The number of hydrogen-bond acceptors (Lipinski definition) is 2. The SMILES string of the molecule is CCc1nc2ccccn2c1C(=O)NC1CCCC1. The molecule has 1 fully saturated rings. The molecule has 1 aliphatic carbocycles. The number of pyridine rings is 1. The highest BCUT2D eigenvalue weighted by atomic mass is 16.2. The van der Waals surface area contributed by atoms with Crippen LogP contribution in [0, 0.1) is 0 Å². The first-order valence-corrected chi connectivity index (χ1v) is 7.06. The van der Waals surface area contributed by atoms with Crippen molar-refractivity contribution in [1.82, 2.24) is 14.7 Å². The van der Waals surface area contributed by atoms with E-state index in [0.29, 0.717) is 11.7 Å². The van der Waals surface area contributed by atoms with E-state index in [4.69, 9.17) is 0 Å². The van der Waals surface area contributed by atoms with Crippen molar-refractivity contribution < 1.29 is 4.79 Å². The molecule has 0 aromatic carbocycles. The van der Waals surface area contributed by atoms with E-state index in [1.165, 1.54) is 12.8 Å². The Hall–Kier alpha value is -1.84. The van der Waals surface area contributed by atoms with Crippen LogP contribution in [0.15, 0.2) is 24.4 Å². The molecule has 19 heavy (non-hydrogen) atoms. The molecule has 0 unspecified atom stereocenters. The summed E-state index contributed by atoms with van der Waals surface area (Å²) < 4.78 is 1.89. The van der Waals surface area contributed by atoms with Gasteiger partial charge in [-0.1, -0.05) is 25.8 Å². The van der Waals surface area contributed by atoms with E-state index < -0.39 is 0 Å². The zero-order chi connectivity index (χ0) is 13.2. The summed E-state index contributed by atoms with van der Waals surface area (Å²) in [7, 11) is 0. The molecule has 0 saturated heterocycles. The van der Waals surface area contributed by atoms with Gasteiger partial charge in [0.2, 0.25) is 0 Å². The van der Waals surface area contributed by atoms with Gasteiger partial charge in [0.1, 0.15) is 11.3 Å². The lowest BCUT2D eigenvalue weighted by molar-refractivity contribution is 0.0931. The molecule has 4 nitrogen and oxygen atoms in total. The third kappa shape index (κ3) is 2.23. The number of nitrogens with one attached hydrogen (secondary N) is 1. The van der Waals surface area contributed by atoms with Crippen molar-refractivity contribution in [2.75, 3.05) is 0 Å². The van der Waals surface area contributed by atoms with Crippen LogP contribution in [0.1, 0.15) is 48.8 Å². The van der Waals surface area contributed by atoms with Crippen LogP contribution >= 0.6 is 0 Å². The van der Waals surface area contributed by atoms with E-state index in [9.17, 15) is 4.79 Å². The quantitative estimate of drug-likeness (QED) is 0.918. The van der Waals surface area contributed by atoms with Gasteiger partial charge in [-0.15, -0.1) is 0 Å². The summed E-state index contributed by atoms with van der Waals surface area (Å²) >= 11 is 0. The number of aryl methyl sites for hydroxylation is 1. The molecule has 0 spiro atoms. The van der Waals surface area contributed by atoms with E-state index in [-0.39, 0.29) is 5.91 Å². The largest absolute Gasteiger partial charge is 0.348 e. The maximum absolute atomic E-state index is 12.5. The third-order valence-corrected chi connectivity index (χ3v) is 3.84. The van der Waals surface area contributed by atoms with Crippen LogP contribution in [0.2, 0.25) is 0 Å². The van der Waals surface area contributed by atoms with Gasteiger partial charge in [-0.3, -0.25) is 9.20 Å². The molecular weight excluding hydrogens is 238 g/mol. The topological polar surface area (TPSA) is 46.4 Å². The minimum Gasteiger partial charge on any atom is -0.348 e. The van der Waals surface area contributed by atoms with E-state index in [2.05, 4.69) is 10.3 Å². The Morgan fingerprint density at radius 1 is 1.42 bits per heavy atom. The lowest BCUT2D eigenvalue weighted by atomic mass is 10.2. The predicted molar refractivity (Wildman–Crippen MR) is 74.3 cm³/mol. The molecule has 1 aliphatic rings. The molecular formula is C15H19N3O. The lowest BCUT2D eigenvalue weighted by Crippen LogP contribution is -2.33. The van der Waals surface area contributed by atoms with E-state index >= 15 is 0 Å². The lowest BCUT2D eigenvalue weighted by Gasteiger charge is -2.12. The minimum absolute atomic E-state index is 0.0162. The van der Waals surface area contributed by atoms with Crippen molar-refractivity contribution >= 4 is 11.6 Å². The average molecular weight is 257 g/mol. The summed E-state index contributed by atoms with van der Waals surface area (Å²) in [5.41, 5.74) is 2.42. The Morgan fingerprint density at radius 2 is 2.21 bits per heavy atom. The molecule has 0 aliphatic heterocycles. The molecule has 3 rings (SSSR count). The highest BCUT2D eigenvalue weighted by Crippen LogP contribution is 2.19. The Balaban J connectivity index is 1.95. The number of fused-ring (bicyclic) bond motifs is 1. The smallest absolute Gasteiger partial charge is 0.270 e. The van der Waals surface area contributed by atoms with Gasteiger partial charge in [0, 0.05) is 12.2 Å². The predicted octanol–water partition coefficient (Wildman–Crippen LogP) is 2.57. The number of amides is 1. The Labute approximate surface area is 112 Å². The fourth-order valence-electron chi connectivity index (χ4n) is 2.86. The summed E-state index contributed by atoms with van der Waals surface area (Å²) in [5.74, 6) is 0.0162. The summed E-state index contributed by atoms with van der Waals surface area (Å²) in [5, 5.41) is 3.15. The number of imidazole rings is 1. The first-order valence-electron chi connectivity index (χ1n) is 7.06. The number of aromatic nitrogens is 2. The van der Waals surface area contributed by atoms with E-state index in [1.54, 1.807) is 0 Å². The third-order valence-electron chi connectivity index (χ3n) is 3.84. The summed E-state index contributed by atoms with van der Waals surface area (Å²) in [6.07, 6.45) is 7.32. The van der Waals surface area contributed by atoms with Gasteiger partial charge in [-0.2, -0.15) is 0 Å². The fourth-order valence-corrected chi connectivity index (χ4v) is 2.86. The number of rotatable bonds is 3. The summed E-state index contributed by atoms with van der Waals surface area (Å²) in [6.45, 7) is 2.04. The highest BCUT2D eigenvalue weighted by Gasteiger charge is 2.22. The van der Waals surface area contributed by atoms with Crippen molar-refractivity contribution in [3.63, 3.8) is 0 Å².